The topological polar surface area (TPSA) is 12.0 Å². The molecule has 1 N–H and O–H groups in total. The molecule has 0 spiro atoms. The zero-order valence-corrected chi connectivity index (χ0v) is 29.7. The molecule has 0 aromatic rings. The van der Waals surface area contributed by atoms with Crippen molar-refractivity contribution < 1.29 is 19.4 Å². The fourth-order valence-electron chi connectivity index (χ4n) is 5.72. The van der Waals surface area contributed by atoms with E-state index in [0.717, 1.165) is 0 Å². The molecule has 3 heteroatoms. The fourth-order valence-corrected chi connectivity index (χ4v) is 5.72. The van der Waals surface area contributed by atoms with E-state index in [1.165, 1.54) is 238 Å². The van der Waals surface area contributed by atoms with Crippen LogP contribution in [0.3, 0.4) is 0 Å². The monoisotopic (exact) mass is 605 g/mol. The van der Waals surface area contributed by atoms with Crippen molar-refractivity contribution in [3.05, 3.63) is 0 Å². The van der Waals surface area contributed by atoms with Crippen LogP contribution in [-0.4, -0.2) is 13.1 Å². The van der Waals surface area contributed by atoms with E-state index in [1.54, 1.807) is 0 Å². The second kappa shape index (κ2) is 43.4. The zero-order chi connectivity index (χ0) is 28.7. The van der Waals surface area contributed by atoms with Gasteiger partial charge in [-0.25, -0.2) is 0 Å². The van der Waals surface area contributed by atoms with Crippen molar-refractivity contribution >= 4 is 9.30 Å². The Bertz CT molecular complexity index is 345. The normalized spacial score (nSPS) is 11.0. The molecule has 0 fully saturated rings. The zero-order valence-electron chi connectivity index (χ0n) is 27.4. The van der Waals surface area contributed by atoms with Gasteiger partial charge < -0.3 is 5.32 Å². The van der Waals surface area contributed by atoms with Gasteiger partial charge in [-0.2, -0.15) is 0 Å². The Kier molecular flexibility index (Phi) is 46.9. The Morgan fingerprint density at radius 2 is 0.436 bits per heavy atom. The van der Waals surface area contributed by atoms with Crippen LogP contribution in [0.15, 0.2) is 0 Å². The molecule has 39 heavy (non-hydrogen) atoms. The third-order valence-corrected chi connectivity index (χ3v) is 8.41. The Morgan fingerprint density at radius 1 is 0.282 bits per heavy atom. The predicted molar refractivity (Wildman–Crippen MR) is 178 cm³/mol. The van der Waals surface area contributed by atoms with E-state index in [-0.39, 0.29) is 0 Å². The summed E-state index contributed by atoms with van der Waals surface area (Å²) in [4.78, 5) is 0. The van der Waals surface area contributed by atoms with Crippen molar-refractivity contribution in [2.24, 2.45) is 0 Å². The SMILES string of the molecule is CCCCCCCCCCCCCCCCCCNCCCCCCCCCCCCCCCCCC.[Cl][Ti]. The van der Waals surface area contributed by atoms with Gasteiger partial charge in [-0.1, -0.05) is 206 Å². The molecule has 0 aliphatic heterocycles. The predicted octanol–water partition coefficient (Wildman–Crippen LogP) is 13.8. The fraction of sp³-hybridized carbons (Fsp3) is 1.00. The number of unbranched alkanes of at least 4 members (excludes halogenated alkanes) is 30. The Morgan fingerprint density at radius 3 is 0.615 bits per heavy atom. The second-order valence-corrected chi connectivity index (χ2v) is 12.4. The van der Waals surface area contributed by atoms with Crippen LogP contribution in [0.5, 0.6) is 0 Å². The summed E-state index contributed by atoms with van der Waals surface area (Å²) in [5.41, 5.74) is 0. The Labute approximate surface area is 265 Å². The summed E-state index contributed by atoms with van der Waals surface area (Å²) in [6.07, 6.45) is 46.7. The van der Waals surface area contributed by atoms with Gasteiger partial charge in [-0.3, -0.25) is 0 Å². The van der Waals surface area contributed by atoms with Crippen LogP contribution in [0.4, 0.5) is 0 Å². The maximum atomic E-state index is 4.64. The van der Waals surface area contributed by atoms with Crippen LogP contribution >= 0.6 is 9.30 Å². The van der Waals surface area contributed by atoms with E-state index in [0.29, 0.717) is 0 Å². The third kappa shape index (κ3) is 43.5. The minimum absolute atomic E-state index is 1.25. The van der Waals surface area contributed by atoms with Gasteiger partial charge in [0.1, 0.15) is 0 Å². The summed E-state index contributed by atoms with van der Waals surface area (Å²) in [5, 5.41) is 3.68. The summed E-state index contributed by atoms with van der Waals surface area (Å²) in [5.74, 6) is 0. The van der Waals surface area contributed by atoms with Crippen LogP contribution in [0.2, 0.25) is 0 Å². The molecule has 0 saturated heterocycles. The molecule has 0 heterocycles. The second-order valence-electron chi connectivity index (χ2n) is 12.4. The number of hydrogen-bond acceptors (Lipinski definition) is 1. The standard InChI is InChI=1S/C36H75N.ClH.Ti/c1-3-5-7-9-11-13-15-17-19-21-23-25-27-29-31-33-35-37-36-34-32-30-28-26-24-22-20-18-16-14-12-10-8-6-4-2;;/h37H,3-36H2,1-2H3;1H;/q;;+1/p-1. The molecule has 0 aliphatic carbocycles. The van der Waals surface area contributed by atoms with Gasteiger partial charge in [-0.15, -0.1) is 0 Å². The molecule has 0 rings (SSSR count). The van der Waals surface area contributed by atoms with Crippen molar-refractivity contribution in [3.63, 3.8) is 0 Å². The summed E-state index contributed by atoms with van der Waals surface area (Å²) in [6.45, 7) is 7.11. The van der Waals surface area contributed by atoms with Gasteiger partial charge in [0.25, 0.3) is 0 Å². The van der Waals surface area contributed by atoms with Gasteiger partial charge in [0, 0.05) is 0 Å². The number of halogens is 1. The first-order valence-electron chi connectivity index (χ1n) is 18.3. The molecule has 0 bridgehead atoms. The van der Waals surface area contributed by atoms with Crippen molar-refractivity contribution in [2.75, 3.05) is 13.1 Å². The average molecular weight is 605 g/mol. The first kappa shape index (κ1) is 42.1. The average Bonchev–Trinajstić information content (AvgIpc) is 2.96. The van der Waals surface area contributed by atoms with E-state index < -0.39 is 0 Å². The van der Waals surface area contributed by atoms with Gasteiger partial charge in [0.05, 0.1) is 0 Å². The van der Waals surface area contributed by atoms with E-state index in [2.05, 4.69) is 28.5 Å². The quantitative estimate of drug-likeness (QED) is 0.0569. The molecule has 0 amide bonds. The summed E-state index contributed by atoms with van der Waals surface area (Å²) in [6, 6.07) is 0. The molecular formula is C36H75ClNTi. The van der Waals surface area contributed by atoms with Crippen molar-refractivity contribution in [1.82, 2.24) is 5.32 Å². The van der Waals surface area contributed by atoms with Crippen LogP contribution in [-0.2, 0) is 19.4 Å². The summed E-state index contributed by atoms with van der Waals surface area (Å²) >= 11 is 1.47. The van der Waals surface area contributed by atoms with Crippen LogP contribution in [0.1, 0.15) is 219 Å². The van der Waals surface area contributed by atoms with Crippen molar-refractivity contribution in [1.29, 1.82) is 0 Å². The third-order valence-electron chi connectivity index (χ3n) is 8.41. The maximum absolute atomic E-state index is 4.64. The van der Waals surface area contributed by atoms with E-state index in [1.807, 2.05) is 0 Å². The molecule has 0 aromatic carbocycles. The molecule has 0 aromatic heterocycles. The Hall–Kier alpha value is 0.964. The first-order valence-corrected chi connectivity index (χ1v) is 20.5. The van der Waals surface area contributed by atoms with Gasteiger partial charge in [0.15, 0.2) is 0 Å². The number of nitrogens with one attached hydrogen (secondary N) is 1. The molecule has 0 radical (unpaired) electrons. The van der Waals surface area contributed by atoms with Gasteiger partial charge in [0.2, 0.25) is 0 Å². The van der Waals surface area contributed by atoms with E-state index in [9.17, 15) is 0 Å². The summed E-state index contributed by atoms with van der Waals surface area (Å²) < 4.78 is 0. The Balaban J connectivity index is 0. The van der Waals surface area contributed by atoms with E-state index >= 15 is 0 Å². The summed E-state index contributed by atoms with van der Waals surface area (Å²) in [7, 11) is 4.64. The van der Waals surface area contributed by atoms with Crippen molar-refractivity contribution in [2.45, 2.75) is 219 Å². The van der Waals surface area contributed by atoms with Crippen LogP contribution in [0.25, 0.3) is 0 Å². The molecular weight excluding hydrogens is 530 g/mol. The van der Waals surface area contributed by atoms with Crippen LogP contribution < -0.4 is 5.32 Å². The molecule has 1 nitrogen and oxygen atoms in total. The van der Waals surface area contributed by atoms with Crippen LogP contribution in [0, 0.1) is 0 Å². The molecule has 0 aliphatic rings. The number of rotatable bonds is 34. The van der Waals surface area contributed by atoms with E-state index in [4.69, 9.17) is 0 Å². The minimum atomic E-state index is 1.25. The molecule has 0 saturated carbocycles. The molecule has 0 atom stereocenters. The van der Waals surface area contributed by atoms with Crippen molar-refractivity contribution in [3.8, 4) is 0 Å². The van der Waals surface area contributed by atoms with Gasteiger partial charge in [-0.05, 0) is 25.9 Å². The first-order chi connectivity index (χ1) is 19.4. The van der Waals surface area contributed by atoms with Gasteiger partial charge >= 0.3 is 28.7 Å². The number of hydrogen-bond donors (Lipinski definition) is 1. The molecule has 0 unspecified atom stereocenters. The molecule has 235 valence electrons.